The molecule has 0 amide bonds. The molecule has 0 aliphatic carbocycles. The number of aromatic nitrogens is 1. The number of halogens is 1. The standard InChI is InChI=1S/C19H19BrN2O2/c1-19(15-11-22-24-13-15,16-9-5-6-10-17(16)20)21-12-18(23)14-7-3-2-4-8-14/h2-11,13,18,21,23H,12H2,1H3. The molecule has 124 valence electrons. The van der Waals surface area contributed by atoms with Gasteiger partial charge in [-0.05, 0) is 24.1 Å². The lowest BCUT2D eigenvalue weighted by Gasteiger charge is -2.32. The molecule has 1 aromatic heterocycles. The van der Waals surface area contributed by atoms with Gasteiger partial charge in [0.15, 0.2) is 0 Å². The fraction of sp³-hybridized carbons (Fsp3) is 0.211. The van der Waals surface area contributed by atoms with E-state index in [0.717, 1.165) is 21.2 Å². The molecule has 2 N–H and O–H groups in total. The smallest absolute Gasteiger partial charge is 0.129 e. The van der Waals surface area contributed by atoms with E-state index in [1.165, 1.54) is 0 Å². The number of aliphatic hydroxyl groups excluding tert-OH is 1. The van der Waals surface area contributed by atoms with Crippen LogP contribution in [0.15, 0.2) is 76.1 Å². The second kappa shape index (κ2) is 7.30. The molecular weight excluding hydrogens is 368 g/mol. The highest BCUT2D eigenvalue weighted by Gasteiger charge is 2.32. The Bertz CT molecular complexity index is 777. The lowest BCUT2D eigenvalue weighted by Crippen LogP contribution is -2.42. The van der Waals surface area contributed by atoms with Crippen LogP contribution in [0.2, 0.25) is 0 Å². The Kier molecular flexibility index (Phi) is 5.14. The van der Waals surface area contributed by atoms with Crippen molar-refractivity contribution in [2.75, 3.05) is 6.54 Å². The fourth-order valence-corrected chi connectivity index (χ4v) is 3.45. The van der Waals surface area contributed by atoms with Crippen molar-refractivity contribution in [3.8, 4) is 0 Å². The van der Waals surface area contributed by atoms with Crippen LogP contribution in [0.25, 0.3) is 0 Å². The molecule has 1 heterocycles. The number of nitrogens with one attached hydrogen (secondary N) is 1. The maximum atomic E-state index is 10.5. The normalized spacial score (nSPS) is 15.0. The van der Waals surface area contributed by atoms with Gasteiger partial charge in [0.1, 0.15) is 6.26 Å². The van der Waals surface area contributed by atoms with Crippen LogP contribution in [0.4, 0.5) is 0 Å². The van der Waals surface area contributed by atoms with Crippen LogP contribution in [0.3, 0.4) is 0 Å². The molecule has 4 nitrogen and oxygen atoms in total. The molecule has 0 fully saturated rings. The molecule has 0 bridgehead atoms. The zero-order valence-electron chi connectivity index (χ0n) is 13.3. The Morgan fingerprint density at radius 2 is 1.88 bits per heavy atom. The number of benzene rings is 2. The van der Waals surface area contributed by atoms with E-state index in [2.05, 4.69) is 33.3 Å². The van der Waals surface area contributed by atoms with Crippen molar-refractivity contribution < 1.29 is 9.63 Å². The molecule has 0 spiro atoms. The third-order valence-electron chi connectivity index (χ3n) is 4.26. The maximum absolute atomic E-state index is 10.5. The molecule has 2 unspecified atom stereocenters. The molecule has 3 aromatic rings. The second-order valence-corrected chi connectivity index (χ2v) is 6.68. The molecule has 5 heteroatoms. The predicted molar refractivity (Wildman–Crippen MR) is 96.5 cm³/mol. The summed E-state index contributed by atoms with van der Waals surface area (Å²) in [5.74, 6) is 0. The highest BCUT2D eigenvalue weighted by molar-refractivity contribution is 9.10. The van der Waals surface area contributed by atoms with Gasteiger partial charge in [0.2, 0.25) is 0 Å². The van der Waals surface area contributed by atoms with E-state index < -0.39 is 11.6 Å². The second-order valence-electron chi connectivity index (χ2n) is 5.83. The van der Waals surface area contributed by atoms with Crippen LogP contribution >= 0.6 is 15.9 Å². The Balaban J connectivity index is 1.88. The summed E-state index contributed by atoms with van der Waals surface area (Å²) in [4.78, 5) is 0. The summed E-state index contributed by atoms with van der Waals surface area (Å²) in [5.41, 5.74) is 2.28. The zero-order chi connectivity index (χ0) is 17.0. The van der Waals surface area contributed by atoms with E-state index in [-0.39, 0.29) is 0 Å². The van der Waals surface area contributed by atoms with Crippen molar-refractivity contribution in [2.45, 2.75) is 18.6 Å². The van der Waals surface area contributed by atoms with Crippen LogP contribution < -0.4 is 5.32 Å². The molecule has 3 rings (SSSR count). The minimum absolute atomic E-state index is 0.396. The van der Waals surface area contributed by atoms with Gasteiger partial charge in [-0.15, -0.1) is 0 Å². The van der Waals surface area contributed by atoms with Gasteiger partial charge >= 0.3 is 0 Å². The monoisotopic (exact) mass is 386 g/mol. The summed E-state index contributed by atoms with van der Waals surface area (Å²) in [6.07, 6.45) is 2.72. The first kappa shape index (κ1) is 16.9. The molecule has 0 aliphatic rings. The van der Waals surface area contributed by atoms with Crippen LogP contribution in [-0.2, 0) is 5.54 Å². The average Bonchev–Trinajstić information content (AvgIpc) is 3.16. The molecule has 2 aromatic carbocycles. The van der Waals surface area contributed by atoms with E-state index in [1.54, 1.807) is 12.5 Å². The van der Waals surface area contributed by atoms with E-state index in [0.29, 0.717) is 6.54 Å². The third kappa shape index (κ3) is 3.43. The summed E-state index contributed by atoms with van der Waals surface area (Å²) >= 11 is 3.62. The number of rotatable bonds is 6. The van der Waals surface area contributed by atoms with Crippen molar-refractivity contribution in [3.05, 3.63) is 88.2 Å². The first-order valence-corrected chi connectivity index (χ1v) is 8.53. The largest absolute Gasteiger partial charge is 0.387 e. The molecule has 0 saturated heterocycles. The van der Waals surface area contributed by atoms with Crippen molar-refractivity contribution >= 4 is 15.9 Å². The van der Waals surface area contributed by atoms with Crippen molar-refractivity contribution in [1.29, 1.82) is 0 Å². The van der Waals surface area contributed by atoms with Gasteiger partial charge in [0.05, 0.1) is 17.8 Å². The highest BCUT2D eigenvalue weighted by atomic mass is 79.9. The van der Waals surface area contributed by atoms with Crippen LogP contribution in [0, 0.1) is 0 Å². The number of nitrogens with zero attached hydrogens (tertiary/aromatic N) is 1. The Hall–Kier alpha value is -1.95. The highest BCUT2D eigenvalue weighted by Crippen LogP contribution is 2.34. The van der Waals surface area contributed by atoms with Gasteiger partial charge in [-0.3, -0.25) is 0 Å². The van der Waals surface area contributed by atoms with Gasteiger partial charge in [0.25, 0.3) is 0 Å². The van der Waals surface area contributed by atoms with Crippen molar-refractivity contribution in [3.63, 3.8) is 0 Å². The number of hydrogen-bond donors (Lipinski definition) is 2. The fourth-order valence-electron chi connectivity index (χ4n) is 2.77. The van der Waals surface area contributed by atoms with E-state index in [9.17, 15) is 5.11 Å². The van der Waals surface area contributed by atoms with E-state index in [1.807, 2.05) is 54.6 Å². The zero-order valence-corrected chi connectivity index (χ0v) is 14.9. The number of hydrogen-bond acceptors (Lipinski definition) is 4. The molecule has 0 aliphatic heterocycles. The summed E-state index contributed by atoms with van der Waals surface area (Å²) in [7, 11) is 0. The summed E-state index contributed by atoms with van der Waals surface area (Å²) in [6, 6.07) is 17.6. The van der Waals surface area contributed by atoms with Gasteiger partial charge in [-0.25, -0.2) is 0 Å². The summed E-state index contributed by atoms with van der Waals surface area (Å²) in [6.45, 7) is 2.45. The van der Waals surface area contributed by atoms with E-state index in [4.69, 9.17) is 4.52 Å². The lowest BCUT2D eigenvalue weighted by molar-refractivity contribution is 0.163. The van der Waals surface area contributed by atoms with Crippen molar-refractivity contribution in [1.82, 2.24) is 10.5 Å². The topological polar surface area (TPSA) is 58.3 Å². The average molecular weight is 387 g/mol. The van der Waals surface area contributed by atoms with Gasteiger partial charge in [0, 0.05) is 16.6 Å². The van der Waals surface area contributed by atoms with Crippen LogP contribution in [-0.4, -0.2) is 16.8 Å². The summed E-state index contributed by atoms with van der Waals surface area (Å²) < 4.78 is 6.03. The summed E-state index contributed by atoms with van der Waals surface area (Å²) in [5, 5.41) is 17.8. The van der Waals surface area contributed by atoms with E-state index >= 15 is 0 Å². The Labute approximate surface area is 149 Å². The lowest BCUT2D eigenvalue weighted by atomic mass is 9.86. The molecule has 0 saturated carbocycles. The van der Waals surface area contributed by atoms with Crippen LogP contribution in [0.5, 0.6) is 0 Å². The maximum Gasteiger partial charge on any atom is 0.129 e. The SMILES string of the molecule is CC(NCC(O)c1ccccc1)(c1cnoc1)c1ccccc1Br. The van der Waals surface area contributed by atoms with Gasteiger partial charge in [-0.2, -0.15) is 0 Å². The van der Waals surface area contributed by atoms with Crippen molar-refractivity contribution in [2.24, 2.45) is 0 Å². The molecule has 24 heavy (non-hydrogen) atoms. The first-order valence-electron chi connectivity index (χ1n) is 7.74. The quantitative estimate of drug-likeness (QED) is 0.671. The minimum Gasteiger partial charge on any atom is -0.387 e. The van der Waals surface area contributed by atoms with Gasteiger partial charge in [-0.1, -0.05) is 69.6 Å². The number of aliphatic hydroxyl groups is 1. The first-order chi connectivity index (χ1) is 11.6. The Morgan fingerprint density at radius 3 is 2.54 bits per heavy atom. The molecular formula is C19H19BrN2O2. The molecule has 2 atom stereocenters. The molecule has 0 radical (unpaired) electrons. The van der Waals surface area contributed by atoms with Gasteiger partial charge < -0.3 is 14.9 Å². The predicted octanol–water partition coefficient (Wildman–Crippen LogP) is 4.02. The minimum atomic E-state index is -0.604. The third-order valence-corrected chi connectivity index (χ3v) is 4.95. The van der Waals surface area contributed by atoms with Crippen LogP contribution in [0.1, 0.15) is 29.7 Å². The Morgan fingerprint density at radius 1 is 1.17 bits per heavy atom.